The molecule has 0 spiro atoms. The summed E-state index contributed by atoms with van der Waals surface area (Å²) in [5.74, 6) is 1.66. The molecule has 1 N–H and O–H groups in total. The molecular formula is C13H22N4. The zero-order chi connectivity index (χ0) is 12.1. The van der Waals surface area contributed by atoms with Crippen LogP contribution in [0.2, 0.25) is 0 Å². The summed E-state index contributed by atoms with van der Waals surface area (Å²) in [4.78, 5) is 11.2. The first kappa shape index (κ1) is 12.3. The minimum atomic E-state index is 0.569. The minimum Gasteiger partial charge on any atom is -0.354 e. The molecule has 1 aliphatic heterocycles. The quantitative estimate of drug-likeness (QED) is 0.862. The van der Waals surface area contributed by atoms with Gasteiger partial charge in [-0.25, -0.2) is 9.97 Å². The third-order valence-corrected chi connectivity index (χ3v) is 3.52. The molecule has 2 rings (SSSR count). The first-order valence-electron chi connectivity index (χ1n) is 6.62. The van der Waals surface area contributed by atoms with E-state index in [1.165, 1.54) is 5.69 Å². The van der Waals surface area contributed by atoms with Gasteiger partial charge in [-0.15, -0.1) is 0 Å². The van der Waals surface area contributed by atoms with E-state index < -0.39 is 0 Å². The molecule has 0 unspecified atom stereocenters. The Labute approximate surface area is 103 Å². The molecular weight excluding hydrogens is 212 g/mol. The molecule has 94 valence electrons. The number of nitrogens with one attached hydrogen (secondary N) is 1. The van der Waals surface area contributed by atoms with Gasteiger partial charge in [0.25, 0.3) is 0 Å². The number of rotatable bonds is 4. The first-order valence-corrected chi connectivity index (χ1v) is 6.62. The van der Waals surface area contributed by atoms with E-state index >= 15 is 0 Å². The SMILES string of the molecule is CCC(CC)c1cc(N2CCNCC2)ncn1. The summed E-state index contributed by atoms with van der Waals surface area (Å²) in [5.41, 5.74) is 1.19. The van der Waals surface area contributed by atoms with E-state index in [9.17, 15) is 0 Å². The second kappa shape index (κ2) is 5.96. The Morgan fingerprint density at radius 2 is 1.94 bits per heavy atom. The average Bonchev–Trinajstić information content (AvgIpc) is 2.42. The van der Waals surface area contributed by atoms with Gasteiger partial charge in [-0.3, -0.25) is 0 Å². The summed E-state index contributed by atoms with van der Waals surface area (Å²) in [6.45, 7) is 8.62. The van der Waals surface area contributed by atoms with Crippen molar-refractivity contribution in [1.29, 1.82) is 0 Å². The van der Waals surface area contributed by atoms with Crippen molar-refractivity contribution in [3.8, 4) is 0 Å². The van der Waals surface area contributed by atoms with Gasteiger partial charge in [0.1, 0.15) is 12.1 Å². The Balaban J connectivity index is 2.15. The van der Waals surface area contributed by atoms with Crippen molar-refractivity contribution in [3.05, 3.63) is 18.1 Å². The Hall–Kier alpha value is -1.16. The van der Waals surface area contributed by atoms with Gasteiger partial charge in [-0.05, 0) is 12.8 Å². The van der Waals surface area contributed by atoms with E-state index in [0.717, 1.165) is 44.8 Å². The third kappa shape index (κ3) is 2.94. The van der Waals surface area contributed by atoms with Crippen LogP contribution >= 0.6 is 0 Å². The summed E-state index contributed by atoms with van der Waals surface area (Å²) in [5, 5.41) is 3.36. The normalized spacial score (nSPS) is 16.5. The summed E-state index contributed by atoms with van der Waals surface area (Å²) in [6, 6.07) is 2.17. The molecule has 2 heterocycles. The summed E-state index contributed by atoms with van der Waals surface area (Å²) < 4.78 is 0. The van der Waals surface area contributed by atoms with Gasteiger partial charge < -0.3 is 10.2 Å². The van der Waals surface area contributed by atoms with Crippen LogP contribution in [0.1, 0.15) is 38.3 Å². The van der Waals surface area contributed by atoms with Crippen LogP contribution in [0.3, 0.4) is 0 Å². The maximum Gasteiger partial charge on any atom is 0.132 e. The number of hydrogen-bond acceptors (Lipinski definition) is 4. The van der Waals surface area contributed by atoms with E-state index in [1.54, 1.807) is 6.33 Å². The number of anilines is 1. The molecule has 0 aliphatic carbocycles. The van der Waals surface area contributed by atoms with Crippen LogP contribution in [0, 0.1) is 0 Å². The van der Waals surface area contributed by atoms with Crippen molar-refractivity contribution >= 4 is 5.82 Å². The van der Waals surface area contributed by atoms with E-state index in [0.29, 0.717) is 5.92 Å². The molecule has 1 fully saturated rings. The topological polar surface area (TPSA) is 41.0 Å². The minimum absolute atomic E-state index is 0.569. The largest absolute Gasteiger partial charge is 0.354 e. The van der Waals surface area contributed by atoms with Crippen LogP contribution in [0.25, 0.3) is 0 Å². The molecule has 1 saturated heterocycles. The fraction of sp³-hybridized carbons (Fsp3) is 0.692. The van der Waals surface area contributed by atoms with Gasteiger partial charge >= 0.3 is 0 Å². The monoisotopic (exact) mass is 234 g/mol. The number of piperazine rings is 1. The lowest BCUT2D eigenvalue weighted by atomic mass is 9.99. The van der Waals surface area contributed by atoms with E-state index in [4.69, 9.17) is 0 Å². The molecule has 4 nitrogen and oxygen atoms in total. The van der Waals surface area contributed by atoms with Crippen molar-refractivity contribution in [3.63, 3.8) is 0 Å². The van der Waals surface area contributed by atoms with Gasteiger partial charge in [-0.2, -0.15) is 0 Å². The zero-order valence-corrected chi connectivity index (χ0v) is 10.8. The predicted molar refractivity (Wildman–Crippen MR) is 70.4 cm³/mol. The van der Waals surface area contributed by atoms with Crippen LogP contribution in [-0.2, 0) is 0 Å². The van der Waals surface area contributed by atoms with Gasteiger partial charge in [0, 0.05) is 43.9 Å². The van der Waals surface area contributed by atoms with E-state index in [2.05, 4.69) is 40.1 Å². The fourth-order valence-electron chi connectivity index (χ4n) is 2.36. The molecule has 0 radical (unpaired) electrons. The molecule has 0 atom stereocenters. The highest BCUT2D eigenvalue weighted by Gasteiger charge is 2.14. The molecule has 0 saturated carbocycles. The van der Waals surface area contributed by atoms with Gasteiger partial charge in [0.15, 0.2) is 0 Å². The number of aromatic nitrogens is 2. The maximum atomic E-state index is 4.42. The van der Waals surface area contributed by atoms with Crippen LogP contribution in [-0.4, -0.2) is 36.1 Å². The zero-order valence-electron chi connectivity index (χ0n) is 10.8. The van der Waals surface area contributed by atoms with Crippen LogP contribution < -0.4 is 10.2 Å². The highest BCUT2D eigenvalue weighted by atomic mass is 15.2. The van der Waals surface area contributed by atoms with Gasteiger partial charge in [0.05, 0.1) is 0 Å². The van der Waals surface area contributed by atoms with Gasteiger partial charge in [0.2, 0.25) is 0 Å². The lowest BCUT2D eigenvalue weighted by molar-refractivity contribution is 0.580. The van der Waals surface area contributed by atoms with E-state index in [1.807, 2.05) is 0 Å². The maximum absolute atomic E-state index is 4.42. The van der Waals surface area contributed by atoms with Crippen molar-refractivity contribution in [1.82, 2.24) is 15.3 Å². The highest BCUT2D eigenvalue weighted by molar-refractivity contribution is 5.40. The molecule has 1 aromatic heterocycles. The first-order chi connectivity index (χ1) is 8.35. The average molecular weight is 234 g/mol. The summed E-state index contributed by atoms with van der Waals surface area (Å²) in [7, 11) is 0. The van der Waals surface area contributed by atoms with Crippen LogP contribution in [0.15, 0.2) is 12.4 Å². The Morgan fingerprint density at radius 3 is 2.59 bits per heavy atom. The molecule has 0 bridgehead atoms. The van der Waals surface area contributed by atoms with Crippen LogP contribution in [0.5, 0.6) is 0 Å². The van der Waals surface area contributed by atoms with Crippen molar-refractivity contribution < 1.29 is 0 Å². The third-order valence-electron chi connectivity index (χ3n) is 3.52. The second-order valence-electron chi connectivity index (χ2n) is 4.55. The molecule has 1 aromatic rings. The molecule has 0 aromatic carbocycles. The lowest BCUT2D eigenvalue weighted by Crippen LogP contribution is -2.43. The Kier molecular flexibility index (Phi) is 4.31. The van der Waals surface area contributed by atoms with Crippen molar-refractivity contribution in [2.75, 3.05) is 31.1 Å². The predicted octanol–water partition coefficient (Wildman–Crippen LogP) is 1.79. The second-order valence-corrected chi connectivity index (χ2v) is 4.55. The standard InChI is InChI=1S/C13H22N4/c1-3-11(4-2)12-9-13(16-10-15-12)17-7-5-14-6-8-17/h9-11,14H,3-8H2,1-2H3. The smallest absolute Gasteiger partial charge is 0.132 e. The number of hydrogen-bond donors (Lipinski definition) is 1. The van der Waals surface area contributed by atoms with Gasteiger partial charge in [-0.1, -0.05) is 13.8 Å². The van der Waals surface area contributed by atoms with Crippen LogP contribution in [0.4, 0.5) is 5.82 Å². The molecule has 1 aliphatic rings. The fourth-order valence-corrected chi connectivity index (χ4v) is 2.36. The van der Waals surface area contributed by atoms with E-state index in [-0.39, 0.29) is 0 Å². The number of nitrogens with zero attached hydrogens (tertiary/aromatic N) is 3. The van der Waals surface area contributed by atoms with Crippen molar-refractivity contribution in [2.45, 2.75) is 32.6 Å². The highest BCUT2D eigenvalue weighted by Crippen LogP contribution is 2.23. The Bertz CT molecular complexity index is 343. The van der Waals surface area contributed by atoms with Crippen molar-refractivity contribution in [2.24, 2.45) is 0 Å². The molecule has 0 amide bonds. The summed E-state index contributed by atoms with van der Waals surface area (Å²) >= 11 is 0. The Morgan fingerprint density at radius 1 is 1.24 bits per heavy atom. The lowest BCUT2D eigenvalue weighted by Gasteiger charge is -2.28. The molecule has 4 heteroatoms. The summed E-state index contributed by atoms with van der Waals surface area (Å²) in [6.07, 6.45) is 4.01. The molecule has 17 heavy (non-hydrogen) atoms.